The van der Waals surface area contributed by atoms with Gasteiger partial charge >= 0.3 is 0 Å². The third kappa shape index (κ3) is 3.31. The lowest BCUT2D eigenvalue weighted by molar-refractivity contribution is 0.101. The second-order valence-electron chi connectivity index (χ2n) is 4.07. The number of pyridine rings is 1. The molecule has 0 radical (unpaired) electrons. The van der Waals surface area contributed by atoms with Crippen molar-refractivity contribution in [3.8, 4) is 11.5 Å². The van der Waals surface area contributed by atoms with E-state index in [2.05, 4.69) is 4.98 Å². The molecule has 0 spiro atoms. The van der Waals surface area contributed by atoms with Gasteiger partial charge in [-0.1, -0.05) is 6.07 Å². The largest absolute Gasteiger partial charge is 0.497 e. The maximum Gasteiger partial charge on any atom is 0.163 e. The first-order chi connectivity index (χ1) is 9.20. The number of hydrogen-bond acceptors (Lipinski definition) is 4. The van der Waals surface area contributed by atoms with E-state index < -0.39 is 0 Å². The molecule has 4 nitrogen and oxygen atoms in total. The van der Waals surface area contributed by atoms with Crippen LogP contribution in [-0.4, -0.2) is 17.9 Å². The Morgan fingerprint density at radius 3 is 2.79 bits per heavy atom. The van der Waals surface area contributed by atoms with Gasteiger partial charge in [0.25, 0.3) is 0 Å². The number of benzene rings is 1. The molecule has 0 aliphatic rings. The zero-order valence-electron chi connectivity index (χ0n) is 10.9. The topological polar surface area (TPSA) is 48.4 Å². The third-order valence-electron chi connectivity index (χ3n) is 2.69. The minimum atomic E-state index is -0.0381. The van der Waals surface area contributed by atoms with Crippen LogP contribution in [0.2, 0.25) is 0 Å². The summed E-state index contributed by atoms with van der Waals surface area (Å²) in [6.45, 7) is 1.88. The summed E-state index contributed by atoms with van der Waals surface area (Å²) in [6.07, 6.45) is 3.43. The van der Waals surface area contributed by atoms with Gasteiger partial charge in [-0.3, -0.25) is 9.78 Å². The Balaban J connectivity index is 2.20. The standard InChI is InChI=1S/C15H15NO3/c1-11(17)14-6-5-13(18-2)8-15(14)19-10-12-4-3-7-16-9-12/h3-9H,10H2,1-2H3. The molecule has 0 unspecified atom stereocenters. The molecule has 98 valence electrons. The highest BCUT2D eigenvalue weighted by Crippen LogP contribution is 2.26. The van der Waals surface area contributed by atoms with E-state index in [-0.39, 0.29) is 5.78 Å². The average Bonchev–Trinajstić information content (AvgIpc) is 2.45. The molecule has 0 amide bonds. The summed E-state index contributed by atoms with van der Waals surface area (Å²) in [5, 5.41) is 0. The maximum absolute atomic E-state index is 11.5. The molecule has 0 N–H and O–H groups in total. The van der Waals surface area contributed by atoms with Crippen LogP contribution in [0.1, 0.15) is 22.8 Å². The van der Waals surface area contributed by atoms with Crippen LogP contribution in [0.4, 0.5) is 0 Å². The van der Waals surface area contributed by atoms with Crippen molar-refractivity contribution < 1.29 is 14.3 Å². The highest BCUT2D eigenvalue weighted by Gasteiger charge is 2.10. The number of carbonyl (C=O) groups excluding carboxylic acids is 1. The van der Waals surface area contributed by atoms with Crippen LogP contribution in [0.25, 0.3) is 0 Å². The first kappa shape index (κ1) is 13.1. The molecule has 1 heterocycles. The van der Waals surface area contributed by atoms with Crippen molar-refractivity contribution in [3.63, 3.8) is 0 Å². The average molecular weight is 257 g/mol. The summed E-state index contributed by atoms with van der Waals surface area (Å²) in [5.41, 5.74) is 1.49. The van der Waals surface area contributed by atoms with E-state index in [4.69, 9.17) is 9.47 Å². The molecule has 4 heteroatoms. The number of ether oxygens (including phenoxy) is 2. The van der Waals surface area contributed by atoms with Crippen LogP contribution in [0.15, 0.2) is 42.7 Å². The lowest BCUT2D eigenvalue weighted by atomic mass is 10.1. The molecule has 0 aliphatic heterocycles. The van der Waals surface area contributed by atoms with Crippen LogP contribution in [0, 0.1) is 0 Å². The SMILES string of the molecule is COc1ccc(C(C)=O)c(OCc2cccnc2)c1. The van der Waals surface area contributed by atoms with Gasteiger partial charge in [-0.05, 0) is 25.1 Å². The molecule has 0 atom stereocenters. The highest BCUT2D eigenvalue weighted by molar-refractivity contribution is 5.97. The van der Waals surface area contributed by atoms with Crippen LogP contribution in [0.3, 0.4) is 0 Å². The van der Waals surface area contributed by atoms with Gasteiger partial charge in [0.15, 0.2) is 5.78 Å². The normalized spacial score (nSPS) is 10.0. The molecule has 2 aromatic rings. The molecule has 19 heavy (non-hydrogen) atoms. The van der Waals surface area contributed by atoms with Crippen molar-refractivity contribution >= 4 is 5.78 Å². The Bertz CT molecular complexity index is 567. The Morgan fingerprint density at radius 2 is 2.16 bits per heavy atom. The second-order valence-corrected chi connectivity index (χ2v) is 4.07. The third-order valence-corrected chi connectivity index (χ3v) is 2.69. The summed E-state index contributed by atoms with van der Waals surface area (Å²) in [5.74, 6) is 1.14. The first-order valence-electron chi connectivity index (χ1n) is 5.91. The zero-order valence-corrected chi connectivity index (χ0v) is 10.9. The van der Waals surface area contributed by atoms with Crippen LogP contribution >= 0.6 is 0 Å². The van der Waals surface area contributed by atoms with Crippen molar-refractivity contribution in [1.82, 2.24) is 4.98 Å². The van der Waals surface area contributed by atoms with Crippen LogP contribution in [0.5, 0.6) is 11.5 Å². The molecule has 1 aromatic carbocycles. The monoisotopic (exact) mass is 257 g/mol. The van der Waals surface area contributed by atoms with E-state index in [0.29, 0.717) is 23.7 Å². The molecule has 1 aromatic heterocycles. The number of rotatable bonds is 5. The first-order valence-corrected chi connectivity index (χ1v) is 5.91. The summed E-state index contributed by atoms with van der Waals surface area (Å²) < 4.78 is 10.8. The fourth-order valence-corrected chi connectivity index (χ4v) is 1.68. The van der Waals surface area contributed by atoms with Crippen molar-refractivity contribution in [2.45, 2.75) is 13.5 Å². The van der Waals surface area contributed by atoms with Crippen molar-refractivity contribution in [2.75, 3.05) is 7.11 Å². The van der Waals surface area contributed by atoms with E-state index in [9.17, 15) is 4.79 Å². The van der Waals surface area contributed by atoms with Gasteiger partial charge in [0.05, 0.1) is 12.7 Å². The van der Waals surface area contributed by atoms with E-state index in [1.807, 2.05) is 12.1 Å². The lowest BCUT2D eigenvalue weighted by Crippen LogP contribution is -2.02. The number of aromatic nitrogens is 1. The van der Waals surface area contributed by atoms with E-state index in [1.54, 1.807) is 37.7 Å². The quantitative estimate of drug-likeness (QED) is 0.773. The lowest BCUT2D eigenvalue weighted by Gasteiger charge is -2.11. The molecule has 0 saturated heterocycles. The predicted octanol–water partition coefficient (Wildman–Crippen LogP) is 2.87. The van der Waals surface area contributed by atoms with Gasteiger partial charge in [-0.15, -0.1) is 0 Å². The van der Waals surface area contributed by atoms with Gasteiger partial charge in [-0.25, -0.2) is 0 Å². The molecule has 0 aliphatic carbocycles. The Kier molecular flexibility index (Phi) is 4.13. The van der Waals surface area contributed by atoms with Crippen molar-refractivity contribution in [2.24, 2.45) is 0 Å². The van der Waals surface area contributed by atoms with Crippen LogP contribution < -0.4 is 9.47 Å². The molecule has 0 saturated carbocycles. The fourth-order valence-electron chi connectivity index (χ4n) is 1.68. The van der Waals surface area contributed by atoms with Crippen molar-refractivity contribution in [1.29, 1.82) is 0 Å². The van der Waals surface area contributed by atoms with Gasteiger partial charge in [-0.2, -0.15) is 0 Å². The van der Waals surface area contributed by atoms with Gasteiger partial charge in [0.2, 0.25) is 0 Å². The number of nitrogens with zero attached hydrogens (tertiary/aromatic N) is 1. The molecular formula is C15H15NO3. The number of methoxy groups -OCH3 is 1. The smallest absolute Gasteiger partial charge is 0.163 e. The summed E-state index contributed by atoms with van der Waals surface area (Å²) in [6, 6.07) is 8.93. The predicted molar refractivity (Wildman–Crippen MR) is 71.6 cm³/mol. The van der Waals surface area contributed by atoms with E-state index in [1.165, 1.54) is 6.92 Å². The van der Waals surface area contributed by atoms with E-state index in [0.717, 1.165) is 5.56 Å². The van der Waals surface area contributed by atoms with E-state index >= 15 is 0 Å². The number of ketones is 1. The Hall–Kier alpha value is -2.36. The molecule has 0 fully saturated rings. The van der Waals surface area contributed by atoms with Gasteiger partial charge in [0.1, 0.15) is 18.1 Å². The fraction of sp³-hybridized carbons (Fsp3) is 0.200. The minimum Gasteiger partial charge on any atom is -0.497 e. The van der Waals surface area contributed by atoms with Crippen LogP contribution in [-0.2, 0) is 6.61 Å². The molecule has 2 rings (SSSR count). The maximum atomic E-state index is 11.5. The minimum absolute atomic E-state index is 0.0381. The summed E-state index contributed by atoms with van der Waals surface area (Å²) in [4.78, 5) is 15.6. The zero-order chi connectivity index (χ0) is 13.7. The number of carbonyl (C=O) groups is 1. The number of Topliss-reactive ketones (excluding diaryl/α,β-unsaturated/α-hetero) is 1. The van der Waals surface area contributed by atoms with Crippen molar-refractivity contribution in [3.05, 3.63) is 53.9 Å². The Morgan fingerprint density at radius 1 is 1.32 bits per heavy atom. The number of hydrogen-bond donors (Lipinski definition) is 0. The summed E-state index contributed by atoms with van der Waals surface area (Å²) >= 11 is 0. The van der Waals surface area contributed by atoms with Gasteiger partial charge in [0, 0.05) is 24.0 Å². The second kappa shape index (κ2) is 6.00. The Labute approximate surface area is 112 Å². The highest BCUT2D eigenvalue weighted by atomic mass is 16.5. The molecule has 0 bridgehead atoms. The summed E-state index contributed by atoms with van der Waals surface area (Å²) in [7, 11) is 1.58. The molecular weight excluding hydrogens is 242 g/mol. The van der Waals surface area contributed by atoms with Gasteiger partial charge < -0.3 is 9.47 Å².